The molecule has 0 bridgehead atoms. The zero-order valence-electron chi connectivity index (χ0n) is 13.8. The quantitative estimate of drug-likeness (QED) is 0.455. The Morgan fingerprint density at radius 2 is 1.78 bits per heavy atom. The first-order valence-corrected chi connectivity index (χ1v) is 10.5. The van der Waals surface area contributed by atoms with E-state index in [0.717, 1.165) is 32.1 Å². The average Bonchev–Trinajstić information content (AvgIpc) is 2.56. The highest BCUT2D eigenvalue weighted by atomic mass is 32.2. The van der Waals surface area contributed by atoms with Crippen LogP contribution in [0.15, 0.2) is 40.1 Å². The highest BCUT2D eigenvalue weighted by molar-refractivity contribution is 8.01. The minimum atomic E-state index is -0.687. The second-order valence-corrected chi connectivity index (χ2v) is 7.28. The van der Waals surface area contributed by atoms with Crippen molar-refractivity contribution in [3.8, 4) is 0 Å². The van der Waals surface area contributed by atoms with Gasteiger partial charge in [-0.05, 0) is 54.2 Å². The molecule has 2 rings (SSSR count). The summed E-state index contributed by atoms with van der Waals surface area (Å²) in [6.45, 7) is 0. The van der Waals surface area contributed by atoms with E-state index in [-0.39, 0.29) is 0 Å². The smallest absolute Gasteiger partial charge is 0.303 e. The van der Waals surface area contributed by atoms with Gasteiger partial charge in [0.25, 0.3) is 0 Å². The second-order valence-electron chi connectivity index (χ2n) is 5.62. The van der Waals surface area contributed by atoms with E-state index in [1.54, 1.807) is 0 Å². The van der Waals surface area contributed by atoms with Gasteiger partial charge in [0.2, 0.25) is 0 Å². The minimum absolute atomic E-state index is 0.293. The number of fused-ring (bicyclic) bond motifs is 1. The van der Waals surface area contributed by atoms with Gasteiger partial charge >= 0.3 is 5.97 Å². The van der Waals surface area contributed by atoms with Crippen molar-refractivity contribution in [1.29, 1.82) is 0 Å². The summed E-state index contributed by atoms with van der Waals surface area (Å²) in [5.74, 6) is -0.687. The zero-order chi connectivity index (χ0) is 16.7. The summed E-state index contributed by atoms with van der Waals surface area (Å²) >= 11 is 3.65. The number of carboxylic acids is 1. The monoisotopic (exact) mass is 348 g/mol. The van der Waals surface area contributed by atoms with Crippen LogP contribution in [-0.2, 0) is 11.2 Å². The van der Waals surface area contributed by atoms with E-state index in [1.807, 2.05) is 23.5 Å². The summed E-state index contributed by atoms with van der Waals surface area (Å²) in [6, 6.07) is 10.9. The Bertz CT molecular complexity index is 668. The van der Waals surface area contributed by atoms with Crippen molar-refractivity contribution in [3.05, 3.63) is 35.9 Å². The van der Waals surface area contributed by atoms with E-state index in [9.17, 15) is 4.79 Å². The fourth-order valence-corrected chi connectivity index (χ4v) is 4.70. The Balaban J connectivity index is 2.12. The lowest BCUT2D eigenvalue weighted by atomic mass is 9.99. The molecule has 124 valence electrons. The second kappa shape index (κ2) is 9.24. The number of rotatable bonds is 9. The molecule has 1 N–H and O–H groups in total. The van der Waals surface area contributed by atoms with Crippen LogP contribution in [0.2, 0.25) is 0 Å². The van der Waals surface area contributed by atoms with Gasteiger partial charge in [-0.15, -0.1) is 23.5 Å². The summed E-state index contributed by atoms with van der Waals surface area (Å²) in [6.07, 6.45) is 9.66. The molecular formula is C19H24O2S2. The van der Waals surface area contributed by atoms with Gasteiger partial charge in [0.15, 0.2) is 0 Å². The molecule has 2 aromatic rings. The van der Waals surface area contributed by atoms with Crippen molar-refractivity contribution >= 4 is 40.3 Å². The van der Waals surface area contributed by atoms with Crippen molar-refractivity contribution < 1.29 is 9.90 Å². The third-order valence-electron chi connectivity index (χ3n) is 4.06. The van der Waals surface area contributed by atoms with E-state index >= 15 is 0 Å². The largest absolute Gasteiger partial charge is 0.481 e. The Labute approximate surface area is 147 Å². The van der Waals surface area contributed by atoms with Crippen LogP contribution in [0.4, 0.5) is 0 Å². The fourth-order valence-electron chi connectivity index (χ4n) is 2.93. The van der Waals surface area contributed by atoms with Gasteiger partial charge in [0.05, 0.1) is 0 Å². The maximum atomic E-state index is 10.5. The van der Waals surface area contributed by atoms with E-state index in [1.165, 1.54) is 26.1 Å². The number of carbonyl (C=O) groups is 1. The van der Waals surface area contributed by atoms with Gasteiger partial charge in [-0.1, -0.05) is 37.1 Å². The average molecular weight is 349 g/mol. The third kappa shape index (κ3) is 4.92. The standard InChI is InChI=1S/C19H24O2S2/c1-22-17-13-14-9-7-8-10-15(14)16(19(17)23-2)11-5-3-4-6-12-18(20)21/h7-10,13H,3-6,11-12H2,1-2H3,(H,20,21). The molecule has 0 heterocycles. The number of hydrogen-bond donors (Lipinski definition) is 1. The molecule has 0 atom stereocenters. The number of aryl methyl sites for hydroxylation is 1. The summed E-state index contributed by atoms with van der Waals surface area (Å²) in [7, 11) is 0. The number of unbranched alkanes of at least 4 members (excludes halogenated alkanes) is 3. The number of hydrogen-bond acceptors (Lipinski definition) is 3. The molecule has 0 aliphatic rings. The number of carboxylic acid groups (broad SMARTS) is 1. The van der Waals surface area contributed by atoms with Crippen molar-refractivity contribution in [2.75, 3.05) is 12.5 Å². The lowest BCUT2D eigenvalue weighted by Gasteiger charge is -2.15. The molecule has 4 heteroatoms. The first kappa shape index (κ1) is 18.2. The van der Waals surface area contributed by atoms with Gasteiger partial charge in [-0.25, -0.2) is 0 Å². The van der Waals surface area contributed by atoms with Crippen molar-refractivity contribution in [2.24, 2.45) is 0 Å². The normalized spacial score (nSPS) is 11.0. The number of thioether (sulfide) groups is 2. The van der Waals surface area contributed by atoms with Gasteiger partial charge in [-0.3, -0.25) is 4.79 Å². The summed E-state index contributed by atoms with van der Waals surface area (Å²) in [5.41, 5.74) is 1.46. The van der Waals surface area contributed by atoms with Crippen molar-refractivity contribution in [1.82, 2.24) is 0 Å². The molecule has 0 fully saturated rings. The lowest BCUT2D eigenvalue weighted by molar-refractivity contribution is -0.137. The van der Waals surface area contributed by atoms with Crippen molar-refractivity contribution in [2.45, 2.75) is 48.3 Å². The molecule has 0 aliphatic heterocycles. The van der Waals surface area contributed by atoms with Crippen LogP contribution in [0.3, 0.4) is 0 Å². The van der Waals surface area contributed by atoms with Crippen LogP contribution in [0, 0.1) is 0 Å². The van der Waals surface area contributed by atoms with Crippen LogP contribution < -0.4 is 0 Å². The Hall–Kier alpha value is -1.13. The third-order valence-corrected chi connectivity index (χ3v) is 5.83. The fraction of sp³-hybridized carbons (Fsp3) is 0.421. The summed E-state index contributed by atoms with van der Waals surface area (Å²) in [4.78, 5) is 13.3. The lowest BCUT2D eigenvalue weighted by Crippen LogP contribution is -1.96. The molecule has 2 aromatic carbocycles. The maximum Gasteiger partial charge on any atom is 0.303 e. The molecule has 0 spiro atoms. The van der Waals surface area contributed by atoms with Crippen LogP contribution in [0.25, 0.3) is 10.8 Å². The SMILES string of the molecule is CSc1cc2ccccc2c(CCCCCCC(=O)O)c1SC. The Kier molecular flexibility index (Phi) is 7.31. The molecule has 0 aliphatic carbocycles. The molecular weight excluding hydrogens is 324 g/mol. The Morgan fingerprint density at radius 3 is 2.48 bits per heavy atom. The van der Waals surface area contributed by atoms with Gasteiger partial charge in [0, 0.05) is 16.2 Å². The van der Waals surface area contributed by atoms with Gasteiger partial charge in [-0.2, -0.15) is 0 Å². The molecule has 0 saturated heterocycles. The predicted molar refractivity (Wildman–Crippen MR) is 102 cm³/mol. The van der Waals surface area contributed by atoms with E-state index in [0.29, 0.717) is 6.42 Å². The highest BCUT2D eigenvalue weighted by Crippen LogP contribution is 2.37. The number of aliphatic carboxylic acids is 1. The summed E-state index contributed by atoms with van der Waals surface area (Å²) in [5, 5.41) is 11.4. The van der Waals surface area contributed by atoms with Gasteiger partial charge < -0.3 is 5.11 Å². The minimum Gasteiger partial charge on any atom is -0.481 e. The molecule has 0 radical (unpaired) electrons. The van der Waals surface area contributed by atoms with Crippen molar-refractivity contribution in [3.63, 3.8) is 0 Å². The summed E-state index contributed by atoms with van der Waals surface area (Å²) < 4.78 is 0. The molecule has 2 nitrogen and oxygen atoms in total. The van der Waals surface area contributed by atoms with Crippen LogP contribution in [0.5, 0.6) is 0 Å². The molecule has 0 aromatic heterocycles. The first-order chi connectivity index (χ1) is 11.2. The van der Waals surface area contributed by atoms with E-state index in [2.05, 4.69) is 42.8 Å². The first-order valence-electron chi connectivity index (χ1n) is 8.01. The topological polar surface area (TPSA) is 37.3 Å². The molecule has 23 heavy (non-hydrogen) atoms. The van der Waals surface area contributed by atoms with Crippen LogP contribution in [-0.4, -0.2) is 23.6 Å². The van der Waals surface area contributed by atoms with Crippen LogP contribution in [0.1, 0.15) is 37.7 Å². The molecule has 0 amide bonds. The van der Waals surface area contributed by atoms with E-state index < -0.39 is 5.97 Å². The highest BCUT2D eigenvalue weighted by Gasteiger charge is 2.12. The molecule has 0 unspecified atom stereocenters. The van der Waals surface area contributed by atoms with E-state index in [4.69, 9.17) is 5.11 Å². The predicted octanol–water partition coefficient (Wildman–Crippen LogP) is 5.86. The molecule has 0 saturated carbocycles. The number of benzene rings is 2. The van der Waals surface area contributed by atoms with Crippen LogP contribution >= 0.6 is 23.5 Å². The Morgan fingerprint density at radius 1 is 1.04 bits per heavy atom. The zero-order valence-corrected chi connectivity index (χ0v) is 15.4. The maximum absolute atomic E-state index is 10.5. The van der Waals surface area contributed by atoms with Gasteiger partial charge in [0.1, 0.15) is 0 Å².